The third-order valence-electron chi connectivity index (χ3n) is 5.83. The number of rotatable bonds is 6. The van der Waals surface area contributed by atoms with Gasteiger partial charge in [-0.25, -0.2) is 18.4 Å². The van der Waals surface area contributed by atoms with Crippen LogP contribution in [0.4, 0.5) is 5.95 Å². The van der Waals surface area contributed by atoms with Crippen molar-refractivity contribution in [2.24, 2.45) is 0 Å². The third-order valence-corrected chi connectivity index (χ3v) is 7.71. The first-order valence-electron chi connectivity index (χ1n) is 10.6. The van der Waals surface area contributed by atoms with Crippen LogP contribution in [-0.2, 0) is 10.0 Å². The van der Waals surface area contributed by atoms with Gasteiger partial charge in [0.2, 0.25) is 16.0 Å². The molecule has 3 aromatic rings. The molecule has 1 aliphatic rings. The minimum absolute atomic E-state index is 0.0986. The van der Waals surface area contributed by atoms with Crippen LogP contribution in [0.25, 0.3) is 11.1 Å². The second-order valence-corrected chi connectivity index (χ2v) is 10.1. The van der Waals surface area contributed by atoms with Crippen molar-refractivity contribution in [3.05, 3.63) is 66.5 Å². The molecule has 8 heteroatoms. The van der Waals surface area contributed by atoms with Gasteiger partial charge in [-0.2, -0.15) is 4.31 Å². The van der Waals surface area contributed by atoms with E-state index in [0.29, 0.717) is 29.7 Å². The average Bonchev–Trinajstić information content (AvgIpc) is 2.84. The summed E-state index contributed by atoms with van der Waals surface area (Å²) in [5.41, 5.74) is 3.11. The van der Waals surface area contributed by atoms with E-state index in [9.17, 15) is 8.42 Å². The highest BCUT2D eigenvalue weighted by atomic mass is 32.2. The van der Waals surface area contributed by atoms with E-state index < -0.39 is 10.0 Å². The van der Waals surface area contributed by atoms with E-state index in [1.54, 1.807) is 35.7 Å². The molecular weight excluding hydrogens is 424 g/mol. The van der Waals surface area contributed by atoms with Crippen molar-refractivity contribution < 1.29 is 13.2 Å². The van der Waals surface area contributed by atoms with Gasteiger partial charge in [0.15, 0.2) is 0 Å². The SMILES string of the molecule is COc1ccc(S(=O)(=O)N2CCCC(c3ccccc3-c3cnc(N(C)C)nc3)C2)cc1. The number of aromatic nitrogens is 2. The molecule has 1 atom stereocenters. The van der Waals surface area contributed by atoms with E-state index in [1.807, 2.05) is 43.5 Å². The fraction of sp³-hybridized carbons (Fsp3) is 0.333. The molecule has 4 rings (SSSR count). The molecule has 0 spiro atoms. The van der Waals surface area contributed by atoms with Gasteiger partial charge >= 0.3 is 0 Å². The van der Waals surface area contributed by atoms with Crippen LogP contribution in [0.3, 0.4) is 0 Å². The van der Waals surface area contributed by atoms with E-state index in [-0.39, 0.29) is 5.92 Å². The Morgan fingerprint density at radius 1 is 1.03 bits per heavy atom. The van der Waals surface area contributed by atoms with E-state index in [4.69, 9.17) is 4.74 Å². The van der Waals surface area contributed by atoms with Gasteiger partial charge in [-0.1, -0.05) is 24.3 Å². The number of methoxy groups -OCH3 is 1. The monoisotopic (exact) mass is 452 g/mol. The normalized spacial score (nSPS) is 17.2. The second kappa shape index (κ2) is 9.26. The lowest BCUT2D eigenvalue weighted by Gasteiger charge is -2.33. The van der Waals surface area contributed by atoms with Crippen molar-refractivity contribution in [1.82, 2.24) is 14.3 Å². The highest BCUT2D eigenvalue weighted by molar-refractivity contribution is 7.89. The molecule has 1 fully saturated rings. The van der Waals surface area contributed by atoms with Crippen molar-refractivity contribution in [2.75, 3.05) is 39.2 Å². The molecule has 2 aromatic carbocycles. The van der Waals surface area contributed by atoms with Crippen molar-refractivity contribution >= 4 is 16.0 Å². The summed E-state index contributed by atoms with van der Waals surface area (Å²) >= 11 is 0. The van der Waals surface area contributed by atoms with Crippen molar-refractivity contribution in [3.8, 4) is 16.9 Å². The van der Waals surface area contributed by atoms with Crippen LogP contribution in [0.2, 0.25) is 0 Å². The molecule has 0 bridgehead atoms. The number of benzene rings is 2. The first kappa shape index (κ1) is 22.2. The van der Waals surface area contributed by atoms with Crippen molar-refractivity contribution in [2.45, 2.75) is 23.7 Å². The number of anilines is 1. The molecule has 0 aliphatic carbocycles. The molecule has 1 aromatic heterocycles. The van der Waals surface area contributed by atoms with Gasteiger partial charge in [-0.15, -0.1) is 0 Å². The van der Waals surface area contributed by atoms with Crippen LogP contribution in [0.5, 0.6) is 5.75 Å². The van der Waals surface area contributed by atoms with Gasteiger partial charge in [-0.3, -0.25) is 0 Å². The Morgan fingerprint density at radius 3 is 2.38 bits per heavy atom. The summed E-state index contributed by atoms with van der Waals surface area (Å²) in [6, 6.07) is 14.7. The molecular formula is C24H28N4O3S. The second-order valence-electron chi connectivity index (χ2n) is 8.13. The van der Waals surface area contributed by atoms with Crippen LogP contribution in [0.15, 0.2) is 65.8 Å². The maximum atomic E-state index is 13.3. The van der Waals surface area contributed by atoms with Crippen LogP contribution < -0.4 is 9.64 Å². The Bertz CT molecular complexity index is 1160. The number of nitrogens with zero attached hydrogens (tertiary/aromatic N) is 4. The minimum Gasteiger partial charge on any atom is -0.497 e. The van der Waals surface area contributed by atoms with E-state index in [1.165, 1.54) is 0 Å². The standard InChI is InChI=1S/C24H28N4O3S/c1-27(2)24-25-15-19(16-26-24)23-9-5-4-8-22(23)18-7-6-14-28(17-18)32(29,30)21-12-10-20(31-3)11-13-21/h4-5,8-13,15-16,18H,6-7,14,17H2,1-3H3. The number of sulfonamides is 1. The summed E-state index contributed by atoms with van der Waals surface area (Å²) < 4.78 is 33.3. The van der Waals surface area contributed by atoms with Gasteiger partial charge in [0.25, 0.3) is 0 Å². The topological polar surface area (TPSA) is 75.6 Å². The predicted octanol–water partition coefficient (Wildman–Crippen LogP) is 3.79. The van der Waals surface area contributed by atoms with Crippen LogP contribution in [0.1, 0.15) is 24.3 Å². The molecule has 0 saturated carbocycles. The zero-order chi connectivity index (χ0) is 22.7. The summed E-state index contributed by atoms with van der Waals surface area (Å²) in [5, 5.41) is 0. The van der Waals surface area contributed by atoms with E-state index in [0.717, 1.165) is 29.5 Å². The largest absolute Gasteiger partial charge is 0.497 e. The van der Waals surface area contributed by atoms with Crippen LogP contribution >= 0.6 is 0 Å². The number of ether oxygens (including phenoxy) is 1. The zero-order valence-corrected chi connectivity index (χ0v) is 19.4. The number of piperidine rings is 1. The molecule has 0 N–H and O–H groups in total. The molecule has 1 saturated heterocycles. The molecule has 1 aliphatic heterocycles. The number of hydrogen-bond acceptors (Lipinski definition) is 6. The molecule has 2 heterocycles. The van der Waals surface area contributed by atoms with Gasteiger partial charge in [0.05, 0.1) is 12.0 Å². The zero-order valence-electron chi connectivity index (χ0n) is 18.6. The predicted molar refractivity (Wildman–Crippen MR) is 126 cm³/mol. The maximum Gasteiger partial charge on any atom is 0.243 e. The summed E-state index contributed by atoms with van der Waals surface area (Å²) in [6.07, 6.45) is 5.40. The van der Waals surface area contributed by atoms with Crippen molar-refractivity contribution in [3.63, 3.8) is 0 Å². The van der Waals surface area contributed by atoms with Crippen molar-refractivity contribution in [1.29, 1.82) is 0 Å². The highest BCUT2D eigenvalue weighted by Crippen LogP contribution is 2.36. The Kier molecular flexibility index (Phi) is 6.43. The van der Waals surface area contributed by atoms with E-state index in [2.05, 4.69) is 22.1 Å². The lowest BCUT2D eigenvalue weighted by Crippen LogP contribution is -2.39. The lowest BCUT2D eigenvalue weighted by atomic mass is 9.87. The first-order valence-corrected chi connectivity index (χ1v) is 12.1. The quantitative estimate of drug-likeness (QED) is 0.567. The molecule has 1 unspecified atom stereocenters. The summed E-state index contributed by atoms with van der Waals surface area (Å²) in [6.45, 7) is 0.968. The van der Waals surface area contributed by atoms with Crippen LogP contribution in [0, 0.1) is 0 Å². The fourth-order valence-electron chi connectivity index (χ4n) is 4.12. The summed E-state index contributed by atoms with van der Waals surface area (Å²) in [4.78, 5) is 11.0. The Hall–Kier alpha value is -2.97. The lowest BCUT2D eigenvalue weighted by molar-refractivity contribution is 0.316. The minimum atomic E-state index is -3.57. The summed E-state index contributed by atoms with van der Waals surface area (Å²) in [7, 11) is 1.80. The average molecular weight is 453 g/mol. The Balaban J connectivity index is 1.61. The van der Waals surface area contributed by atoms with Crippen LogP contribution in [-0.4, -0.2) is 57.0 Å². The first-order chi connectivity index (χ1) is 15.4. The fourth-order valence-corrected chi connectivity index (χ4v) is 5.64. The third kappa shape index (κ3) is 4.47. The van der Waals surface area contributed by atoms with E-state index >= 15 is 0 Å². The van der Waals surface area contributed by atoms with Gasteiger partial charge < -0.3 is 9.64 Å². The number of hydrogen-bond donors (Lipinski definition) is 0. The van der Waals surface area contributed by atoms with Gasteiger partial charge in [0, 0.05) is 45.1 Å². The molecule has 7 nitrogen and oxygen atoms in total. The van der Waals surface area contributed by atoms with Gasteiger partial charge in [0.1, 0.15) is 5.75 Å². The maximum absolute atomic E-state index is 13.3. The Morgan fingerprint density at radius 2 is 1.72 bits per heavy atom. The summed E-state index contributed by atoms with van der Waals surface area (Å²) in [5.74, 6) is 1.39. The molecule has 0 amide bonds. The van der Waals surface area contributed by atoms with Gasteiger partial charge in [-0.05, 0) is 54.2 Å². The molecule has 168 valence electrons. The molecule has 0 radical (unpaired) electrons. The Labute approximate surface area is 189 Å². The molecule has 32 heavy (non-hydrogen) atoms. The smallest absolute Gasteiger partial charge is 0.243 e. The highest BCUT2D eigenvalue weighted by Gasteiger charge is 2.31.